The van der Waals surface area contributed by atoms with E-state index in [9.17, 15) is 4.39 Å². The second-order valence-corrected chi connectivity index (χ2v) is 33.8. The van der Waals surface area contributed by atoms with Gasteiger partial charge in [-0.1, -0.05) is 212 Å². The SMILES string of the molecule is CC(C)c1cccc(C(C)C)c1-n1c(-c2[c-]ccc3c2oc2cc(-c4cc5c6c(c4)-n4c7ccc(C(C)(C)C)cc7c7cc(C(C)(C)C)cc(c74)B6c4cc(C(C)(C)C)cc6c4N5c4ccc(C(C)(C)C)cc4S6)ccc23)nc2ccccc21.Cc1cnc(-c2[c-]cc(F)cc2)cc1C.[Ir]. The van der Waals surface area contributed by atoms with Crippen LogP contribution in [0.2, 0.25) is 0 Å². The molecule has 0 aliphatic carbocycles. The minimum absolute atomic E-state index is 0. The summed E-state index contributed by atoms with van der Waals surface area (Å²) < 4.78 is 25.0. The van der Waals surface area contributed by atoms with Gasteiger partial charge in [0.1, 0.15) is 5.58 Å². The average Bonchev–Trinajstić information content (AvgIpc) is 1.28. The average molecular weight is 1510 g/mol. The third-order valence-corrected chi connectivity index (χ3v) is 22.3. The van der Waals surface area contributed by atoms with Crippen LogP contribution in [0.3, 0.4) is 0 Å². The van der Waals surface area contributed by atoms with Crippen molar-refractivity contribution in [1.29, 1.82) is 0 Å². The summed E-state index contributed by atoms with van der Waals surface area (Å²) in [6, 6.07) is 69.2. The number of anilines is 3. The molecule has 10 heteroatoms. The first-order valence-electron chi connectivity index (χ1n) is 35.2. The van der Waals surface area contributed by atoms with Crippen molar-refractivity contribution in [2.75, 3.05) is 4.90 Å². The fourth-order valence-electron chi connectivity index (χ4n) is 15.4. The van der Waals surface area contributed by atoms with Crippen molar-refractivity contribution < 1.29 is 28.9 Å². The van der Waals surface area contributed by atoms with Gasteiger partial charge in [0, 0.05) is 80.6 Å². The zero-order valence-corrected chi connectivity index (χ0v) is 64.0. The van der Waals surface area contributed by atoms with Crippen LogP contribution in [0.1, 0.15) is 167 Å². The third-order valence-electron chi connectivity index (χ3n) is 21.2. The number of halogens is 1. The van der Waals surface area contributed by atoms with Gasteiger partial charge in [-0.05, 0) is 186 Å². The second-order valence-electron chi connectivity index (χ2n) is 32.8. The van der Waals surface area contributed by atoms with Crippen LogP contribution in [0.25, 0.3) is 99.9 Å². The van der Waals surface area contributed by atoms with E-state index in [1.54, 1.807) is 6.07 Å². The Labute approximate surface area is 606 Å². The first-order valence-corrected chi connectivity index (χ1v) is 36.0. The summed E-state index contributed by atoms with van der Waals surface area (Å²) in [6.45, 7) is 41.5. The van der Waals surface area contributed by atoms with E-state index in [1.807, 2.05) is 37.9 Å². The summed E-state index contributed by atoms with van der Waals surface area (Å²) in [5.74, 6) is 1.15. The van der Waals surface area contributed by atoms with Gasteiger partial charge in [-0.2, -0.15) is 0 Å². The molecule has 0 amide bonds. The van der Waals surface area contributed by atoms with E-state index in [4.69, 9.17) is 9.40 Å². The van der Waals surface area contributed by atoms with Crippen LogP contribution in [-0.4, -0.2) is 25.8 Å². The Morgan fingerprint density at radius 2 is 1.19 bits per heavy atom. The van der Waals surface area contributed by atoms with Crippen LogP contribution in [0.15, 0.2) is 190 Å². The largest absolute Gasteiger partial charge is 0.501 e. The van der Waals surface area contributed by atoms with Crippen LogP contribution in [0.4, 0.5) is 21.5 Å². The molecule has 7 heterocycles. The summed E-state index contributed by atoms with van der Waals surface area (Å²) in [4.78, 5) is 15.0. The number of rotatable bonds is 6. The molecule has 0 saturated carbocycles. The molecule has 0 saturated heterocycles. The molecule has 100 heavy (non-hydrogen) atoms. The molecule has 6 nitrogen and oxygen atoms in total. The third kappa shape index (κ3) is 10.9. The van der Waals surface area contributed by atoms with Crippen LogP contribution < -0.4 is 21.3 Å². The maximum atomic E-state index is 12.7. The molecule has 0 bridgehead atoms. The molecule has 0 spiro atoms. The molecule has 3 aliphatic rings. The van der Waals surface area contributed by atoms with E-state index >= 15 is 0 Å². The van der Waals surface area contributed by atoms with E-state index in [0.29, 0.717) is 11.8 Å². The summed E-state index contributed by atoms with van der Waals surface area (Å²) >= 11 is 1.95. The normalized spacial score (nSPS) is 13.4. The topological polar surface area (TPSA) is 52.0 Å². The van der Waals surface area contributed by atoms with Gasteiger partial charge in [0.2, 0.25) is 0 Å². The van der Waals surface area contributed by atoms with E-state index in [1.165, 1.54) is 127 Å². The minimum atomic E-state index is -0.275. The number of aromatic nitrogens is 4. The van der Waals surface area contributed by atoms with Gasteiger partial charge >= 0.3 is 0 Å². The van der Waals surface area contributed by atoms with Crippen LogP contribution in [0.5, 0.6) is 0 Å². The Morgan fingerprint density at radius 1 is 0.530 bits per heavy atom. The van der Waals surface area contributed by atoms with Crippen molar-refractivity contribution in [3.63, 3.8) is 0 Å². The molecule has 0 N–H and O–H groups in total. The fraction of sp³-hybridized carbons (Fsp3) is 0.267. The van der Waals surface area contributed by atoms with Gasteiger partial charge in [-0.3, -0.25) is 9.37 Å². The van der Waals surface area contributed by atoms with Crippen molar-refractivity contribution in [2.45, 2.75) is 168 Å². The maximum absolute atomic E-state index is 12.7. The predicted molar refractivity (Wildman–Crippen MR) is 417 cm³/mol. The van der Waals surface area contributed by atoms with Crippen molar-refractivity contribution in [1.82, 2.24) is 19.1 Å². The van der Waals surface area contributed by atoms with Crippen molar-refractivity contribution >= 4 is 107 Å². The minimum Gasteiger partial charge on any atom is -0.501 e. The molecule has 3 aliphatic heterocycles. The Hall–Kier alpha value is -8.79. The van der Waals surface area contributed by atoms with Crippen LogP contribution in [-0.2, 0) is 41.8 Å². The zero-order chi connectivity index (χ0) is 69.4. The van der Waals surface area contributed by atoms with E-state index < -0.39 is 0 Å². The predicted octanol–water partition coefficient (Wildman–Crippen LogP) is 23.0. The number of hydrogen-bond acceptors (Lipinski definition) is 5. The first kappa shape index (κ1) is 67.1. The molecule has 4 aromatic heterocycles. The first-order chi connectivity index (χ1) is 47.0. The van der Waals surface area contributed by atoms with E-state index in [-0.39, 0.29) is 54.3 Å². The molecule has 10 aromatic carbocycles. The second kappa shape index (κ2) is 23.9. The standard InChI is InChI=1S/C77H74BN4OS.C13H11FN.Ir/c1-42(2)50-21-19-22-51(43(3)4)69(50)82-61-26-18-17-25-59(61)79-73(82)54-24-20-23-53-52-30-27-44(35-65(52)83-72(53)54)45-33-63-68-64(34-45)81-62-32-29-47(75(8,9)10)40-66(62)84-67-41-49(77(14,15)16)39-58(71(67)81)78(68)57-38-48(76(11,12)13)37-56-55-36-46(74(5,6)7)28-31-60(55)80(63)70(56)57;1-9-7-13(15-8-10(9)2)11-3-5-12(14)6-4-11;/h17-23,25-43H,1-16H3;3,5-8H,1-2H3;/q2*-1;. The van der Waals surface area contributed by atoms with Gasteiger partial charge < -0.3 is 23.4 Å². The van der Waals surface area contributed by atoms with Gasteiger partial charge in [-0.25, -0.2) is 0 Å². The number of pyridine rings is 1. The smallest absolute Gasteiger partial charge is 0.252 e. The number of aryl methyl sites for hydroxylation is 2. The van der Waals surface area contributed by atoms with Gasteiger partial charge in [0.15, 0.2) is 0 Å². The number of benzene rings is 10. The van der Waals surface area contributed by atoms with Crippen molar-refractivity contribution in [2.24, 2.45) is 0 Å². The Morgan fingerprint density at radius 3 is 1.88 bits per heavy atom. The summed E-state index contributed by atoms with van der Waals surface area (Å²) in [7, 11) is 0. The number of nitrogens with zero attached hydrogens (tertiary/aromatic N) is 5. The number of imidazole rings is 1. The number of hydrogen-bond donors (Lipinski definition) is 0. The number of para-hydroxylation sites is 3. The molecule has 17 rings (SSSR count). The van der Waals surface area contributed by atoms with Gasteiger partial charge in [0.05, 0.1) is 39.3 Å². The fourth-order valence-corrected chi connectivity index (χ4v) is 16.6. The van der Waals surface area contributed by atoms with E-state index in [2.05, 4.69) is 288 Å². The molecule has 14 aromatic rings. The summed E-state index contributed by atoms with van der Waals surface area (Å²) in [5.41, 5.74) is 31.4. The Bertz CT molecular complexity index is 5680. The van der Waals surface area contributed by atoms with Gasteiger partial charge in [0.25, 0.3) is 6.71 Å². The molecule has 503 valence electrons. The summed E-state index contributed by atoms with van der Waals surface area (Å²) in [5, 5.41) is 4.75. The number of fused-ring (bicyclic) bond motifs is 13. The Balaban J connectivity index is 0.000000450. The van der Waals surface area contributed by atoms with E-state index in [0.717, 1.165) is 72.3 Å². The van der Waals surface area contributed by atoms with Gasteiger partial charge in [-0.15, -0.1) is 48.0 Å². The molecular weight excluding hydrogens is 1420 g/mol. The van der Waals surface area contributed by atoms with Crippen LogP contribution >= 0.6 is 11.8 Å². The molecule has 0 fully saturated rings. The molecule has 1 radical (unpaired) electrons. The quantitative estimate of drug-likeness (QED) is 0.123. The monoisotopic (exact) mass is 1510 g/mol. The maximum Gasteiger partial charge on any atom is 0.252 e. The molecular formula is C90H85BFIrN5OS-2. The molecule has 0 atom stereocenters. The Kier molecular flexibility index (Phi) is 16.0. The zero-order valence-electron chi connectivity index (χ0n) is 60.7. The van der Waals surface area contributed by atoms with Crippen LogP contribution in [0, 0.1) is 31.8 Å². The summed E-state index contributed by atoms with van der Waals surface area (Å²) in [6.07, 6.45) is 1.82. The number of furan rings is 1. The van der Waals surface area contributed by atoms with Crippen molar-refractivity contribution in [3.05, 3.63) is 239 Å². The van der Waals surface area contributed by atoms with Crippen molar-refractivity contribution in [3.8, 4) is 45.1 Å². The molecule has 0 unspecified atom stereocenters.